The fourth-order valence-electron chi connectivity index (χ4n) is 3.37. The summed E-state index contributed by atoms with van der Waals surface area (Å²) in [5.74, 6) is 0. The lowest BCUT2D eigenvalue weighted by molar-refractivity contribution is 0.168. The van der Waals surface area contributed by atoms with E-state index in [1.165, 1.54) is 50.6 Å². The lowest BCUT2D eigenvalue weighted by Crippen LogP contribution is -2.28. The van der Waals surface area contributed by atoms with Crippen molar-refractivity contribution in [2.45, 2.75) is 65.8 Å². The van der Waals surface area contributed by atoms with Crippen molar-refractivity contribution >= 4 is 15.9 Å². The fraction of sp³-hybridized carbons (Fsp3) is 0.684. The zero-order valence-corrected chi connectivity index (χ0v) is 15.9. The number of nitrogens with zero attached hydrogens (tertiary/aromatic N) is 1. The van der Waals surface area contributed by atoms with E-state index in [-0.39, 0.29) is 0 Å². The van der Waals surface area contributed by atoms with E-state index in [2.05, 4.69) is 72.9 Å². The van der Waals surface area contributed by atoms with Crippen molar-refractivity contribution in [2.75, 3.05) is 13.6 Å². The van der Waals surface area contributed by atoms with Crippen molar-refractivity contribution in [1.29, 1.82) is 0 Å². The van der Waals surface area contributed by atoms with Crippen molar-refractivity contribution in [2.24, 2.45) is 5.41 Å². The molecule has 0 saturated carbocycles. The first kappa shape index (κ1) is 18.7. The molecule has 1 rings (SSSR count). The molecule has 1 aromatic carbocycles. The van der Waals surface area contributed by atoms with Crippen molar-refractivity contribution in [3.8, 4) is 0 Å². The molecule has 2 heteroatoms. The predicted molar refractivity (Wildman–Crippen MR) is 97.6 cm³/mol. The minimum Gasteiger partial charge on any atom is -0.302 e. The first-order valence-corrected chi connectivity index (χ1v) is 9.27. The van der Waals surface area contributed by atoms with E-state index in [4.69, 9.17) is 0 Å². The van der Waals surface area contributed by atoms with Crippen LogP contribution < -0.4 is 0 Å². The Kier molecular flexibility index (Phi) is 8.58. The molecule has 0 saturated heterocycles. The van der Waals surface area contributed by atoms with E-state index in [0.717, 1.165) is 11.0 Å². The average molecular weight is 354 g/mol. The van der Waals surface area contributed by atoms with Crippen LogP contribution in [0.4, 0.5) is 0 Å². The van der Waals surface area contributed by atoms with Gasteiger partial charge in [-0.05, 0) is 56.0 Å². The summed E-state index contributed by atoms with van der Waals surface area (Å²) in [4.78, 5) is 2.47. The zero-order valence-electron chi connectivity index (χ0n) is 14.3. The highest BCUT2D eigenvalue weighted by atomic mass is 79.9. The van der Waals surface area contributed by atoms with Crippen LogP contribution in [0.2, 0.25) is 0 Å². The van der Waals surface area contributed by atoms with Crippen LogP contribution in [0.1, 0.15) is 64.9 Å². The van der Waals surface area contributed by atoms with E-state index in [0.29, 0.717) is 5.41 Å². The lowest BCUT2D eigenvalue weighted by atomic mass is 9.74. The van der Waals surface area contributed by atoms with Gasteiger partial charge in [-0.2, -0.15) is 0 Å². The maximum atomic E-state index is 3.50. The van der Waals surface area contributed by atoms with E-state index in [9.17, 15) is 0 Å². The molecular formula is C19H32BrN. The maximum absolute atomic E-state index is 3.50. The molecule has 0 aliphatic rings. The molecule has 0 bridgehead atoms. The van der Waals surface area contributed by atoms with Crippen molar-refractivity contribution in [1.82, 2.24) is 4.90 Å². The number of hydrogen-bond donors (Lipinski definition) is 0. The average Bonchev–Trinajstić information content (AvgIpc) is 2.48. The molecule has 1 nitrogen and oxygen atoms in total. The molecule has 0 amide bonds. The molecule has 0 atom stereocenters. The number of halogens is 1. The van der Waals surface area contributed by atoms with Gasteiger partial charge in [0.25, 0.3) is 0 Å². The second kappa shape index (κ2) is 9.63. The Balaban J connectivity index is 2.52. The summed E-state index contributed by atoms with van der Waals surface area (Å²) < 4.78 is 1.16. The summed E-state index contributed by atoms with van der Waals surface area (Å²) in [6.45, 7) is 9.27. The van der Waals surface area contributed by atoms with Gasteiger partial charge < -0.3 is 4.90 Å². The molecule has 0 fully saturated rings. The van der Waals surface area contributed by atoms with Gasteiger partial charge in [-0.3, -0.25) is 0 Å². The molecule has 1 aromatic rings. The van der Waals surface area contributed by atoms with Gasteiger partial charge in [-0.15, -0.1) is 0 Å². The molecule has 0 N–H and O–H groups in total. The number of benzene rings is 1. The zero-order chi connectivity index (χ0) is 15.7. The van der Waals surface area contributed by atoms with Gasteiger partial charge in [0.15, 0.2) is 0 Å². The minimum atomic E-state index is 0.567. The van der Waals surface area contributed by atoms with Crippen LogP contribution in [0.5, 0.6) is 0 Å². The molecule has 0 aliphatic carbocycles. The molecular weight excluding hydrogens is 322 g/mol. The van der Waals surface area contributed by atoms with Gasteiger partial charge in [0, 0.05) is 11.0 Å². The van der Waals surface area contributed by atoms with E-state index in [1.54, 1.807) is 0 Å². The van der Waals surface area contributed by atoms with Gasteiger partial charge in [-0.25, -0.2) is 0 Å². The standard InChI is InChI=1S/C19H32BrN/c1-5-12-19(7-3,13-6-2)14-15-21(4)16-17-8-10-18(20)11-9-17/h8-11H,5-7,12-16H2,1-4H3. The third-order valence-corrected chi connectivity index (χ3v) is 5.23. The minimum absolute atomic E-state index is 0.567. The summed E-state index contributed by atoms with van der Waals surface area (Å²) in [7, 11) is 2.25. The third kappa shape index (κ3) is 6.52. The predicted octanol–water partition coefficient (Wildman–Crippen LogP) is 6.27. The first-order valence-electron chi connectivity index (χ1n) is 8.48. The molecule has 21 heavy (non-hydrogen) atoms. The third-order valence-electron chi connectivity index (χ3n) is 4.70. The quantitative estimate of drug-likeness (QED) is 0.479. The topological polar surface area (TPSA) is 3.24 Å². The molecule has 0 unspecified atom stereocenters. The Morgan fingerprint density at radius 3 is 2.00 bits per heavy atom. The maximum Gasteiger partial charge on any atom is 0.0230 e. The summed E-state index contributed by atoms with van der Waals surface area (Å²) >= 11 is 3.50. The largest absolute Gasteiger partial charge is 0.302 e. The van der Waals surface area contributed by atoms with Gasteiger partial charge in [0.05, 0.1) is 0 Å². The van der Waals surface area contributed by atoms with Crippen LogP contribution in [0.15, 0.2) is 28.7 Å². The van der Waals surface area contributed by atoms with Crippen molar-refractivity contribution in [3.63, 3.8) is 0 Å². The molecule has 120 valence electrons. The van der Waals surface area contributed by atoms with Crippen LogP contribution in [0.25, 0.3) is 0 Å². The highest BCUT2D eigenvalue weighted by Crippen LogP contribution is 2.37. The molecule has 0 radical (unpaired) electrons. The van der Waals surface area contributed by atoms with Crippen molar-refractivity contribution < 1.29 is 0 Å². The SMILES string of the molecule is CCCC(CC)(CCC)CCN(C)Cc1ccc(Br)cc1. The number of rotatable bonds is 10. The van der Waals surface area contributed by atoms with E-state index < -0.39 is 0 Å². The Hall–Kier alpha value is -0.340. The summed E-state index contributed by atoms with van der Waals surface area (Å²) in [5.41, 5.74) is 1.96. The van der Waals surface area contributed by atoms with Crippen molar-refractivity contribution in [3.05, 3.63) is 34.3 Å². The van der Waals surface area contributed by atoms with Gasteiger partial charge in [0.1, 0.15) is 0 Å². The van der Waals surface area contributed by atoms with Gasteiger partial charge in [0.2, 0.25) is 0 Å². The lowest BCUT2D eigenvalue weighted by Gasteiger charge is -2.34. The molecule has 0 heterocycles. The Bertz CT molecular complexity index is 379. The molecule has 0 aliphatic heterocycles. The molecule has 0 spiro atoms. The monoisotopic (exact) mass is 353 g/mol. The summed E-state index contributed by atoms with van der Waals surface area (Å²) in [6, 6.07) is 8.69. The van der Waals surface area contributed by atoms with Crippen LogP contribution in [-0.2, 0) is 6.54 Å². The van der Waals surface area contributed by atoms with E-state index >= 15 is 0 Å². The van der Waals surface area contributed by atoms with Crippen LogP contribution in [0.3, 0.4) is 0 Å². The highest BCUT2D eigenvalue weighted by Gasteiger charge is 2.26. The van der Waals surface area contributed by atoms with Crippen LogP contribution >= 0.6 is 15.9 Å². The Morgan fingerprint density at radius 1 is 0.952 bits per heavy atom. The van der Waals surface area contributed by atoms with Gasteiger partial charge >= 0.3 is 0 Å². The number of hydrogen-bond acceptors (Lipinski definition) is 1. The van der Waals surface area contributed by atoms with E-state index in [1.807, 2.05) is 0 Å². The summed E-state index contributed by atoms with van der Waals surface area (Å²) in [5, 5.41) is 0. The smallest absolute Gasteiger partial charge is 0.0230 e. The van der Waals surface area contributed by atoms with Gasteiger partial charge in [-0.1, -0.05) is 68.1 Å². The fourth-order valence-corrected chi connectivity index (χ4v) is 3.64. The van der Waals surface area contributed by atoms with Crippen LogP contribution in [0, 0.1) is 5.41 Å². The highest BCUT2D eigenvalue weighted by molar-refractivity contribution is 9.10. The second-order valence-corrected chi connectivity index (χ2v) is 7.38. The summed E-state index contributed by atoms with van der Waals surface area (Å²) in [6.07, 6.45) is 8.03. The van der Waals surface area contributed by atoms with Crippen LogP contribution in [-0.4, -0.2) is 18.5 Å². The second-order valence-electron chi connectivity index (χ2n) is 6.47. The normalized spacial score (nSPS) is 12.1. The Labute approximate surface area is 140 Å². The first-order chi connectivity index (χ1) is 10.0. The Morgan fingerprint density at radius 2 is 1.52 bits per heavy atom. The molecule has 0 aromatic heterocycles.